The van der Waals surface area contributed by atoms with Crippen LogP contribution < -0.4 is 5.12 Å². The molecule has 2 heterocycles. The fourth-order valence-electron chi connectivity index (χ4n) is 2.62. The van der Waals surface area contributed by atoms with Crippen molar-refractivity contribution in [1.82, 2.24) is 30.2 Å². The molecule has 2 aromatic heterocycles. The molecule has 0 atom stereocenters. The average molecular weight is 307 g/mol. The molecule has 0 radical (unpaired) electrons. The summed E-state index contributed by atoms with van der Waals surface area (Å²) in [5, 5.41) is 19.1. The van der Waals surface area contributed by atoms with Crippen molar-refractivity contribution in [2.24, 2.45) is 0 Å². The van der Waals surface area contributed by atoms with Gasteiger partial charge in [0.05, 0.1) is 6.54 Å². The molecule has 0 spiro atoms. The Morgan fingerprint density at radius 2 is 1.35 bits per heavy atom. The second kappa shape index (κ2) is 5.68. The molecule has 2 aromatic carbocycles. The van der Waals surface area contributed by atoms with Gasteiger partial charge >= 0.3 is 0 Å². The quantitative estimate of drug-likeness (QED) is 0.566. The van der Waals surface area contributed by atoms with Gasteiger partial charge in [-0.05, 0) is 41.1 Å². The zero-order valence-electron chi connectivity index (χ0n) is 12.9. The molecule has 4 rings (SSSR count). The predicted molar refractivity (Wildman–Crippen MR) is 88.4 cm³/mol. The van der Waals surface area contributed by atoms with E-state index < -0.39 is 0 Å². The van der Waals surface area contributed by atoms with Crippen molar-refractivity contribution in [2.45, 2.75) is 19.8 Å². The van der Waals surface area contributed by atoms with Gasteiger partial charge in [-0.1, -0.05) is 37.6 Å². The van der Waals surface area contributed by atoms with Crippen LogP contribution in [0.3, 0.4) is 0 Å². The molecule has 7 heteroatoms. The maximum Gasteiger partial charge on any atom is 0.115 e. The Bertz CT molecular complexity index is 866. The van der Waals surface area contributed by atoms with Gasteiger partial charge in [-0.3, -0.25) is 0 Å². The second-order valence-corrected chi connectivity index (χ2v) is 5.38. The number of unbranched alkanes of at least 4 members (excludes halogenated alkanes) is 1. The first kappa shape index (κ1) is 13.7. The number of nitrogens with zero attached hydrogens (tertiary/aromatic N) is 7. The van der Waals surface area contributed by atoms with Crippen LogP contribution >= 0.6 is 0 Å². The maximum atomic E-state index is 4.32. The van der Waals surface area contributed by atoms with Gasteiger partial charge in [-0.2, -0.15) is 5.12 Å². The molecule has 0 bridgehead atoms. The summed E-state index contributed by atoms with van der Waals surface area (Å²) in [5.74, 6) is 0. The molecule has 0 aliphatic rings. The largest absolute Gasteiger partial charge is 0.181 e. The van der Waals surface area contributed by atoms with Crippen LogP contribution in [0.5, 0.6) is 0 Å². The molecule has 0 fully saturated rings. The first-order valence-electron chi connectivity index (χ1n) is 7.77. The van der Waals surface area contributed by atoms with Crippen molar-refractivity contribution < 1.29 is 0 Å². The summed E-state index contributed by atoms with van der Waals surface area (Å²) < 4.78 is 0. The van der Waals surface area contributed by atoms with E-state index in [1.54, 1.807) is 9.58 Å². The van der Waals surface area contributed by atoms with E-state index in [0.717, 1.165) is 41.5 Å². The Labute approximate surface area is 133 Å². The molecule has 0 aliphatic carbocycles. The fourth-order valence-corrected chi connectivity index (χ4v) is 2.62. The third-order valence-corrected chi connectivity index (χ3v) is 3.82. The van der Waals surface area contributed by atoms with Crippen LogP contribution in [0.15, 0.2) is 48.5 Å². The highest BCUT2D eigenvalue weighted by atomic mass is 15.9. The minimum Gasteiger partial charge on any atom is -0.181 e. The first-order chi connectivity index (χ1) is 11.4. The van der Waals surface area contributed by atoms with Gasteiger partial charge in [0.25, 0.3) is 0 Å². The Balaban J connectivity index is 1.87. The van der Waals surface area contributed by atoms with E-state index in [9.17, 15) is 0 Å². The smallest absolute Gasteiger partial charge is 0.115 e. The van der Waals surface area contributed by atoms with Crippen LogP contribution in [0.4, 0.5) is 0 Å². The third kappa shape index (κ3) is 2.30. The molecule has 116 valence electrons. The number of benzene rings is 2. The number of hydrogen-bond donors (Lipinski definition) is 0. The highest BCUT2D eigenvalue weighted by Crippen LogP contribution is 2.15. The van der Waals surface area contributed by atoms with E-state index >= 15 is 0 Å². The molecule has 4 aromatic rings. The van der Waals surface area contributed by atoms with E-state index in [1.807, 2.05) is 53.6 Å². The summed E-state index contributed by atoms with van der Waals surface area (Å²) >= 11 is 0. The molecule has 0 unspecified atom stereocenters. The van der Waals surface area contributed by atoms with Crippen molar-refractivity contribution in [3.63, 3.8) is 0 Å². The highest BCUT2D eigenvalue weighted by Gasteiger charge is 2.16. The molecule has 7 nitrogen and oxygen atoms in total. The Hall–Kier alpha value is -2.96. The fraction of sp³-hybridized carbons (Fsp3) is 0.250. The minimum atomic E-state index is 0.775. The number of hydrogen-bond acceptors (Lipinski definition) is 5. The second-order valence-electron chi connectivity index (χ2n) is 5.38. The van der Waals surface area contributed by atoms with Crippen molar-refractivity contribution in [3.8, 4) is 0 Å². The lowest BCUT2D eigenvalue weighted by atomic mass is 10.3. The van der Waals surface area contributed by atoms with Crippen molar-refractivity contribution in [2.75, 3.05) is 11.7 Å². The summed E-state index contributed by atoms with van der Waals surface area (Å²) in [6.45, 7) is 2.94. The molecule has 0 saturated carbocycles. The molecule has 0 saturated heterocycles. The number of fused-ring (bicyclic) bond motifs is 2. The van der Waals surface area contributed by atoms with Crippen LogP contribution in [0, 0.1) is 0 Å². The van der Waals surface area contributed by atoms with Gasteiger partial charge in [-0.25, -0.2) is 0 Å². The van der Waals surface area contributed by atoms with E-state index in [0.29, 0.717) is 0 Å². The van der Waals surface area contributed by atoms with Crippen LogP contribution in [0.25, 0.3) is 22.1 Å². The van der Waals surface area contributed by atoms with Gasteiger partial charge in [0.15, 0.2) is 0 Å². The molecular formula is C16H17N7. The summed E-state index contributed by atoms with van der Waals surface area (Å²) in [6, 6.07) is 15.8. The van der Waals surface area contributed by atoms with Gasteiger partial charge < -0.3 is 0 Å². The SMILES string of the molecule is CCCCN(n1nnc2ccccc21)n1nnc2ccccc21. The van der Waals surface area contributed by atoms with Crippen molar-refractivity contribution in [3.05, 3.63) is 48.5 Å². The van der Waals surface area contributed by atoms with E-state index in [2.05, 4.69) is 27.5 Å². The van der Waals surface area contributed by atoms with Crippen LogP contribution in [-0.4, -0.2) is 36.8 Å². The van der Waals surface area contributed by atoms with Gasteiger partial charge in [-0.15, -0.1) is 19.8 Å². The predicted octanol–water partition coefficient (Wildman–Crippen LogP) is 2.38. The van der Waals surface area contributed by atoms with Crippen LogP contribution in [0.2, 0.25) is 0 Å². The normalized spacial score (nSPS) is 11.3. The zero-order valence-corrected chi connectivity index (χ0v) is 12.9. The summed E-state index contributed by atoms with van der Waals surface area (Å²) in [4.78, 5) is 3.60. The molecule has 0 aliphatic heterocycles. The van der Waals surface area contributed by atoms with Crippen LogP contribution in [-0.2, 0) is 0 Å². The summed E-state index contributed by atoms with van der Waals surface area (Å²) in [5.41, 5.74) is 3.61. The Morgan fingerprint density at radius 1 is 0.826 bits per heavy atom. The molecular weight excluding hydrogens is 290 g/mol. The van der Waals surface area contributed by atoms with Crippen LogP contribution in [0.1, 0.15) is 19.8 Å². The standard InChI is InChI=1S/C16H17N7/c1-2-3-12-21(22-15-10-6-4-8-13(15)17-19-22)23-16-11-7-5-9-14(16)18-20-23/h4-11H,2-3,12H2,1H3. The first-order valence-corrected chi connectivity index (χ1v) is 7.77. The monoisotopic (exact) mass is 307 g/mol. The minimum absolute atomic E-state index is 0.775. The average Bonchev–Trinajstić information content (AvgIpc) is 3.21. The van der Waals surface area contributed by atoms with E-state index in [-0.39, 0.29) is 0 Å². The highest BCUT2D eigenvalue weighted by molar-refractivity contribution is 5.76. The third-order valence-electron chi connectivity index (χ3n) is 3.82. The number of rotatable bonds is 5. The number of para-hydroxylation sites is 2. The Kier molecular flexibility index (Phi) is 3.38. The lowest BCUT2D eigenvalue weighted by Gasteiger charge is -2.23. The van der Waals surface area contributed by atoms with Crippen molar-refractivity contribution >= 4 is 22.1 Å². The summed E-state index contributed by atoms with van der Waals surface area (Å²) in [6.07, 6.45) is 2.10. The maximum absolute atomic E-state index is 4.32. The zero-order chi connectivity index (χ0) is 15.6. The molecule has 0 N–H and O–H groups in total. The molecule has 0 amide bonds. The van der Waals surface area contributed by atoms with Gasteiger partial charge in [0.2, 0.25) is 0 Å². The topological polar surface area (TPSA) is 64.7 Å². The van der Waals surface area contributed by atoms with Gasteiger partial charge in [0, 0.05) is 0 Å². The summed E-state index contributed by atoms with van der Waals surface area (Å²) in [7, 11) is 0. The van der Waals surface area contributed by atoms with Gasteiger partial charge in [0.1, 0.15) is 22.1 Å². The lowest BCUT2D eigenvalue weighted by Crippen LogP contribution is -2.42. The van der Waals surface area contributed by atoms with E-state index in [4.69, 9.17) is 0 Å². The molecule has 23 heavy (non-hydrogen) atoms. The van der Waals surface area contributed by atoms with Crippen molar-refractivity contribution in [1.29, 1.82) is 0 Å². The Morgan fingerprint density at radius 3 is 1.87 bits per heavy atom. The van der Waals surface area contributed by atoms with E-state index in [1.165, 1.54) is 0 Å². The lowest BCUT2D eigenvalue weighted by molar-refractivity contribution is 0.426. The number of aromatic nitrogens is 6.